The minimum Gasteiger partial charge on any atom is -0.310 e. The first-order chi connectivity index (χ1) is 8.77. The van der Waals surface area contributed by atoms with Gasteiger partial charge in [-0.3, -0.25) is 0 Å². The average Bonchev–Trinajstić information content (AvgIpc) is 2.65. The molecule has 0 radical (unpaired) electrons. The summed E-state index contributed by atoms with van der Waals surface area (Å²) in [5, 5.41) is 3.71. The summed E-state index contributed by atoms with van der Waals surface area (Å²) in [5.74, 6) is 0.887. The van der Waals surface area contributed by atoms with E-state index in [2.05, 4.69) is 52.4 Å². The Bertz CT molecular complexity index is 356. The smallest absolute Gasteiger partial charge is 0.0303 e. The van der Waals surface area contributed by atoms with E-state index >= 15 is 0 Å². The first kappa shape index (κ1) is 14.1. The van der Waals surface area contributed by atoms with Crippen molar-refractivity contribution >= 4 is 15.9 Å². The molecule has 1 aromatic rings. The molecule has 2 heteroatoms. The number of rotatable bonds is 4. The highest BCUT2D eigenvalue weighted by Gasteiger charge is 2.14. The van der Waals surface area contributed by atoms with Crippen molar-refractivity contribution < 1.29 is 0 Å². The van der Waals surface area contributed by atoms with Gasteiger partial charge in [-0.05, 0) is 43.9 Å². The normalized spacial score (nSPS) is 19.4. The zero-order chi connectivity index (χ0) is 12.8. The quantitative estimate of drug-likeness (QED) is 0.766. The summed E-state index contributed by atoms with van der Waals surface area (Å²) in [6.45, 7) is 3.43. The Morgan fingerprint density at radius 2 is 1.83 bits per heavy atom. The van der Waals surface area contributed by atoms with Crippen molar-refractivity contribution in [1.29, 1.82) is 0 Å². The first-order valence-corrected chi connectivity index (χ1v) is 8.04. The largest absolute Gasteiger partial charge is 0.310 e. The molecule has 0 saturated heterocycles. The number of hydrogen-bond acceptors (Lipinski definition) is 1. The molecule has 18 heavy (non-hydrogen) atoms. The second-order valence-electron chi connectivity index (χ2n) is 5.51. The highest BCUT2D eigenvalue weighted by atomic mass is 79.9. The third kappa shape index (κ3) is 4.10. The van der Waals surface area contributed by atoms with E-state index in [1.807, 2.05) is 0 Å². The van der Waals surface area contributed by atoms with Crippen LogP contribution >= 0.6 is 15.9 Å². The number of nitrogens with one attached hydrogen (secondary N) is 1. The third-order valence-corrected chi connectivity index (χ3v) is 4.78. The average molecular weight is 310 g/mol. The molecule has 0 aliphatic heterocycles. The van der Waals surface area contributed by atoms with E-state index in [1.165, 1.54) is 55.1 Å². The second kappa shape index (κ2) is 7.30. The van der Waals surface area contributed by atoms with Gasteiger partial charge in [0.1, 0.15) is 0 Å². The maximum absolute atomic E-state index is 3.71. The minimum absolute atomic E-state index is 0.434. The van der Waals surface area contributed by atoms with Gasteiger partial charge in [-0.25, -0.2) is 0 Å². The van der Waals surface area contributed by atoms with Crippen LogP contribution in [-0.2, 0) is 0 Å². The lowest BCUT2D eigenvalue weighted by Gasteiger charge is -2.20. The van der Waals surface area contributed by atoms with Crippen molar-refractivity contribution in [1.82, 2.24) is 5.32 Å². The second-order valence-corrected chi connectivity index (χ2v) is 6.36. The van der Waals surface area contributed by atoms with Gasteiger partial charge < -0.3 is 5.32 Å². The summed E-state index contributed by atoms with van der Waals surface area (Å²) in [5.41, 5.74) is 1.37. The lowest BCUT2D eigenvalue weighted by Crippen LogP contribution is -2.25. The molecule has 1 nitrogen and oxygen atoms in total. The van der Waals surface area contributed by atoms with E-state index in [9.17, 15) is 0 Å². The predicted molar refractivity (Wildman–Crippen MR) is 81.8 cm³/mol. The summed E-state index contributed by atoms with van der Waals surface area (Å²) in [6, 6.07) is 8.95. The van der Waals surface area contributed by atoms with Crippen LogP contribution in [-0.4, -0.2) is 6.54 Å². The van der Waals surface area contributed by atoms with Crippen LogP contribution in [0.15, 0.2) is 28.7 Å². The summed E-state index contributed by atoms with van der Waals surface area (Å²) in [6.07, 6.45) is 8.56. The van der Waals surface area contributed by atoms with Gasteiger partial charge in [0, 0.05) is 10.5 Å². The molecule has 1 saturated carbocycles. The summed E-state index contributed by atoms with van der Waals surface area (Å²) >= 11 is 3.64. The lowest BCUT2D eigenvalue weighted by atomic mass is 9.99. The summed E-state index contributed by atoms with van der Waals surface area (Å²) < 4.78 is 1.21. The molecule has 100 valence electrons. The van der Waals surface area contributed by atoms with Crippen molar-refractivity contribution in [3.05, 3.63) is 34.3 Å². The molecule has 0 bridgehead atoms. The van der Waals surface area contributed by atoms with Gasteiger partial charge in [0.2, 0.25) is 0 Å². The van der Waals surface area contributed by atoms with Crippen LogP contribution in [0, 0.1) is 5.92 Å². The Labute approximate surface area is 119 Å². The molecule has 1 aromatic carbocycles. The van der Waals surface area contributed by atoms with E-state index in [1.54, 1.807) is 0 Å². The topological polar surface area (TPSA) is 12.0 Å². The van der Waals surface area contributed by atoms with Crippen molar-refractivity contribution in [2.24, 2.45) is 5.92 Å². The van der Waals surface area contributed by atoms with Gasteiger partial charge in [-0.2, -0.15) is 0 Å². The monoisotopic (exact) mass is 309 g/mol. The molecule has 1 N–H and O–H groups in total. The fourth-order valence-electron chi connectivity index (χ4n) is 2.85. The van der Waals surface area contributed by atoms with Gasteiger partial charge in [0.05, 0.1) is 0 Å². The Kier molecular flexibility index (Phi) is 5.71. The van der Waals surface area contributed by atoms with Crippen molar-refractivity contribution in [2.45, 2.75) is 51.5 Å². The van der Waals surface area contributed by atoms with Crippen LogP contribution < -0.4 is 5.32 Å². The molecule has 1 aliphatic rings. The highest BCUT2D eigenvalue weighted by Crippen LogP contribution is 2.25. The van der Waals surface area contributed by atoms with Gasteiger partial charge in [0.15, 0.2) is 0 Å². The fraction of sp³-hybridized carbons (Fsp3) is 0.625. The molecule has 1 atom stereocenters. The lowest BCUT2D eigenvalue weighted by molar-refractivity contribution is 0.402. The Morgan fingerprint density at radius 1 is 1.17 bits per heavy atom. The SMILES string of the molecule is CC(NCC1CCCCCC1)c1ccccc1Br. The number of halogens is 1. The van der Waals surface area contributed by atoms with Crippen LogP contribution in [0.25, 0.3) is 0 Å². The van der Waals surface area contributed by atoms with Crippen LogP contribution in [0.1, 0.15) is 57.1 Å². The predicted octanol–water partition coefficient (Wildman–Crippen LogP) is 5.07. The van der Waals surface area contributed by atoms with Crippen LogP contribution in [0.5, 0.6) is 0 Å². The molecular formula is C16H24BrN. The maximum atomic E-state index is 3.71. The molecule has 0 heterocycles. The fourth-order valence-corrected chi connectivity index (χ4v) is 3.48. The Balaban J connectivity index is 1.84. The number of benzene rings is 1. The van der Waals surface area contributed by atoms with E-state index in [-0.39, 0.29) is 0 Å². The van der Waals surface area contributed by atoms with Gasteiger partial charge in [-0.1, -0.05) is 59.8 Å². The van der Waals surface area contributed by atoms with E-state index in [4.69, 9.17) is 0 Å². The van der Waals surface area contributed by atoms with E-state index in [0.717, 1.165) is 5.92 Å². The van der Waals surface area contributed by atoms with Crippen molar-refractivity contribution in [3.63, 3.8) is 0 Å². The molecule has 1 aliphatic carbocycles. The zero-order valence-corrected chi connectivity index (χ0v) is 12.9. The molecule has 0 spiro atoms. The van der Waals surface area contributed by atoms with Crippen LogP contribution in [0.3, 0.4) is 0 Å². The van der Waals surface area contributed by atoms with Crippen LogP contribution in [0.4, 0.5) is 0 Å². The van der Waals surface area contributed by atoms with E-state index in [0.29, 0.717) is 6.04 Å². The minimum atomic E-state index is 0.434. The van der Waals surface area contributed by atoms with Gasteiger partial charge in [0.25, 0.3) is 0 Å². The Morgan fingerprint density at radius 3 is 2.50 bits per heavy atom. The molecular weight excluding hydrogens is 286 g/mol. The molecule has 0 aromatic heterocycles. The number of hydrogen-bond donors (Lipinski definition) is 1. The maximum Gasteiger partial charge on any atom is 0.0303 e. The summed E-state index contributed by atoms with van der Waals surface area (Å²) in [7, 11) is 0. The summed E-state index contributed by atoms with van der Waals surface area (Å²) in [4.78, 5) is 0. The first-order valence-electron chi connectivity index (χ1n) is 7.25. The molecule has 1 fully saturated rings. The highest BCUT2D eigenvalue weighted by molar-refractivity contribution is 9.10. The molecule has 2 rings (SSSR count). The zero-order valence-electron chi connectivity index (χ0n) is 11.3. The Hall–Kier alpha value is -0.340. The molecule has 0 amide bonds. The van der Waals surface area contributed by atoms with Gasteiger partial charge >= 0.3 is 0 Å². The van der Waals surface area contributed by atoms with Gasteiger partial charge in [-0.15, -0.1) is 0 Å². The van der Waals surface area contributed by atoms with Crippen molar-refractivity contribution in [3.8, 4) is 0 Å². The van der Waals surface area contributed by atoms with Crippen molar-refractivity contribution in [2.75, 3.05) is 6.54 Å². The van der Waals surface area contributed by atoms with Crippen LogP contribution in [0.2, 0.25) is 0 Å². The third-order valence-electron chi connectivity index (χ3n) is 4.06. The molecule has 1 unspecified atom stereocenters. The standard InChI is InChI=1S/C16H24BrN/c1-13(15-10-6-7-11-16(15)17)18-12-14-8-4-2-3-5-9-14/h6-7,10-11,13-14,18H,2-5,8-9,12H2,1H3. The van der Waals surface area contributed by atoms with E-state index < -0.39 is 0 Å².